The molecule has 3 aliphatic rings. The SMILES string of the molecule is CN1CCC(N2CCOC3(CCN(CCc4cccc(CCOCCC(=O)O)c4)CC3)C2)=N1. The highest BCUT2D eigenvalue weighted by atomic mass is 16.5. The van der Waals surface area contributed by atoms with Crippen molar-refractivity contribution >= 4 is 11.8 Å². The van der Waals surface area contributed by atoms with E-state index >= 15 is 0 Å². The van der Waals surface area contributed by atoms with E-state index in [0.29, 0.717) is 6.61 Å². The van der Waals surface area contributed by atoms with E-state index in [1.165, 1.54) is 17.0 Å². The number of carboxylic acids is 1. The minimum absolute atomic E-state index is 0.0149. The second-order valence-electron chi connectivity index (χ2n) is 9.52. The van der Waals surface area contributed by atoms with Crippen molar-refractivity contribution in [2.24, 2.45) is 5.10 Å². The third-order valence-corrected chi connectivity index (χ3v) is 7.03. The van der Waals surface area contributed by atoms with E-state index in [2.05, 4.69) is 39.2 Å². The first-order chi connectivity index (χ1) is 16.0. The van der Waals surface area contributed by atoms with Gasteiger partial charge in [0.1, 0.15) is 5.84 Å². The fourth-order valence-corrected chi connectivity index (χ4v) is 5.01. The molecular weight excluding hydrogens is 420 g/mol. The van der Waals surface area contributed by atoms with Gasteiger partial charge >= 0.3 is 5.97 Å². The van der Waals surface area contributed by atoms with Gasteiger partial charge in [0.2, 0.25) is 0 Å². The number of nitrogens with zero attached hydrogens (tertiary/aromatic N) is 4. The lowest BCUT2D eigenvalue weighted by Crippen LogP contribution is -2.58. The topological polar surface area (TPSA) is 77.8 Å². The zero-order valence-electron chi connectivity index (χ0n) is 19.9. The van der Waals surface area contributed by atoms with E-state index in [-0.39, 0.29) is 18.6 Å². The molecule has 8 nitrogen and oxygen atoms in total. The number of morpholine rings is 1. The van der Waals surface area contributed by atoms with Crippen molar-refractivity contribution in [2.45, 2.75) is 44.1 Å². The average molecular weight is 459 g/mol. The van der Waals surface area contributed by atoms with Crippen LogP contribution in [0.3, 0.4) is 0 Å². The molecule has 2 fully saturated rings. The largest absolute Gasteiger partial charge is 0.481 e. The van der Waals surface area contributed by atoms with Gasteiger partial charge in [-0.2, -0.15) is 5.10 Å². The van der Waals surface area contributed by atoms with Crippen LogP contribution >= 0.6 is 0 Å². The van der Waals surface area contributed by atoms with E-state index in [0.717, 1.165) is 78.0 Å². The molecule has 33 heavy (non-hydrogen) atoms. The Kier molecular flexibility index (Phi) is 8.22. The number of hydrazone groups is 1. The fraction of sp³-hybridized carbons (Fsp3) is 0.680. The molecule has 182 valence electrons. The smallest absolute Gasteiger partial charge is 0.305 e. The van der Waals surface area contributed by atoms with Gasteiger partial charge in [0.15, 0.2) is 0 Å². The number of rotatable bonds is 9. The van der Waals surface area contributed by atoms with Gasteiger partial charge < -0.3 is 24.4 Å². The summed E-state index contributed by atoms with van der Waals surface area (Å²) >= 11 is 0. The van der Waals surface area contributed by atoms with Crippen LogP contribution < -0.4 is 0 Å². The van der Waals surface area contributed by atoms with Crippen molar-refractivity contribution in [1.29, 1.82) is 0 Å². The van der Waals surface area contributed by atoms with Crippen LogP contribution in [-0.4, -0.2) is 103 Å². The molecule has 0 aliphatic carbocycles. The molecule has 0 amide bonds. The van der Waals surface area contributed by atoms with Crippen LogP contribution in [0.15, 0.2) is 29.4 Å². The molecule has 0 aromatic heterocycles. The van der Waals surface area contributed by atoms with E-state index in [4.69, 9.17) is 14.6 Å². The van der Waals surface area contributed by atoms with Gasteiger partial charge in [-0.15, -0.1) is 0 Å². The monoisotopic (exact) mass is 458 g/mol. The van der Waals surface area contributed by atoms with Gasteiger partial charge in [-0.05, 0) is 36.8 Å². The lowest BCUT2D eigenvalue weighted by molar-refractivity contribution is -0.138. The Morgan fingerprint density at radius 2 is 1.94 bits per heavy atom. The third-order valence-electron chi connectivity index (χ3n) is 7.03. The highest BCUT2D eigenvalue weighted by molar-refractivity contribution is 5.83. The van der Waals surface area contributed by atoms with Crippen molar-refractivity contribution in [3.05, 3.63) is 35.4 Å². The number of hydrogen-bond donors (Lipinski definition) is 1. The maximum absolute atomic E-state index is 10.5. The Balaban J connectivity index is 1.19. The third kappa shape index (κ3) is 6.91. The van der Waals surface area contributed by atoms with Crippen molar-refractivity contribution in [3.8, 4) is 0 Å². The summed E-state index contributed by atoms with van der Waals surface area (Å²) in [5, 5.41) is 15.4. The van der Waals surface area contributed by atoms with E-state index in [1.54, 1.807) is 0 Å². The van der Waals surface area contributed by atoms with Crippen LogP contribution in [0.4, 0.5) is 0 Å². The number of aliphatic carboxylic acids is 1. The minimum atomic E-state index is -0.816. The van der Waals surface area contributed by atoms with Crippen molar-refractivity contribution in [2.75, 3.05) is 66.1 Å². The van der Waals surface area contributed by atoms with Gasteiger partial charge in [-0.1, -0.05) is 24.3 Å². The number of likely N-dealkylation sites (tertiary alicyclic amines) is 1. The van der Waals surface area contributed by atoms with Crippen LogP contribution in [-0.2, 0) is 27.1 Å². The number of carboxylic acid groups (broad SMARTS) is 1. The van der Waals surface area contributed by atoms with Crippen LogP contribution in [0.25, 0.3) is 0 Å². The lowest BCUT2D eigenvalue weighted by Gasteiger charge is -2.47. The molecule has 4 rings (SSSR count). The van der Waals surface area contributed by atoms with Gasteiger partial charge in [0.25, 0.3) is 0 Å². The summed E-state index contributed by atoms with van der Waals surface area (Å²) in [7, 11) is 2.05. The molecule has 1 N–H and O–H groups in total. The Bertz CT molecular complexity index is 822. The first-order valence-electron chi connectivity index (χ1n) is 12.3. The highest BCUT2D eigenvalue weighted by Gasteiger charge is 2.40. The normalized spacial score (nSPS) is 20.9. The molecule has 0 unspecified atom stereocenters. The zero-order chi connectivity index (χ0) is 23.1. The van der Waals surface area contributed by atoms with Crippen molar-refractivity contribution < 1.29 is 19.4 Å². The van der Waals surface area contributed by atoms with Gasteiger partial charge in [-0.25, -0.2) is 0 Å². The van der Waals surface area contributed by atoms with Crippen LogP contribution in [0.5, 0.6) is 0 Å². The predicted molar refractivity (Wildman–Crippen MR) is 128 cm³/mol. The summed E-state index contributed by atoms with van der Waals surface area (Å²) in [4.78, 5) is 15.6. The van der Waals surface area contributed by atoms with Crippen molar-refractivity contribution in [3.63, 3.8) is 0 Å². The Labute approximate surface area is 197 Å². The zero-order valence-corrected chi connectivity index (χ0v) is 19.9. The molecule has 0 radical (unpaired) electrons. The lowest BCUT2D eigenvalue weighted by atomic mass is 9.89. The molecule has 8 heteroatoms. The summed E-state index contributed by atoms with van der Waals surface area (Å²) < 4.78 is 11.8. The van der Waals surface area contributed by atoms with Gasteiger partial charge in [0, 0.05) is 52.7 Å². The molecule has 1 aromatic carbocycles. The molecule has 3 heterocycles. The highest BCUT2D eigenvalue weighted by Crippen LogP contribution is 2.31. The molecule has 3 aliphatic heterocycles. The first-order valence-corrected chi connectivity index (χ1v) is 12.3. The van der Waals surface area contributed by atoms with Crippen molar-refractivity contribution in [1.82, 2.24) is 14.8 Å². The number of benzene rings is 1. The Morgan fingerprint density at radius 1 is 1.15 bits per heavy atom. The molecular formula is C25H38N4O4. The first kappa shape index (κ1) is 24.0. The molecule has 2 saturated heterocycles. The van der Waals surface area contributed by atoms with E-state index in [9.17, 15) is 4.79 Å². The van der Waals surface area contributed by atoms with Crippen LogP contribution in [0.1, 0.15) is 36.8 Å². The quantitative estimate of drug-likeness (QED) is 0.568. The second-order valence-corrected chi connectivity index (χ2v) is 9.52. The number of piperidine rings is 1. The Hall–Kier alpha value is -2.16. The summed E-state index contributed by atoms with van der Waals surface area (Å²) in [6.45, 7) is 7.82. The molecule has 0 atom stereocenters. The maximum atomic E-state index is 10.5. The minimum Gasteiger partial charge on any atom is -0.481 e. The second kappa shape index (κ2) is 11.3. The van der Waals surface area contributed by atoms with E-state index < -0.39 is 5.97 Å². The molecule has 0 saturated carbocycles. The summed E-state index contributed by atoms with van der Waals surface area (Å²) in [5.74, 6) is 0.416. The average Bonchev–Trinajstić information content (AvgIpc) is 3.25. The fourth-order valence-electron chi connectivity index (χ4n) is 5.01. The molecule has 1 spiro atoms. The standard InChI is InChI=1S/C25H38N4O4/c1-27-11-6-23(26-27)29-15-18-33-25(20-29)9-13-28(14-10-25)12-5-21-3-2-4-22(19-21)7-16-32-17-8-24(30)31/h2-4,19H,5-18,20H2,1H3,(H,30,31). The molecule has 0 bridgehead atoms. The molecule has 1 aromatic rings. The number of hydrogen-bond acceptors (Lipinski definition) is 7. The van der Waals surface area contributed by atoms with Crippen LogP contribution in [0.2, 0.25) is 0 Å². The Morgan fingerprint density at radius 3 is 2.67 bits per heavy atom. The predicted octanol–water partition coefficient (Wildman–Crippen LogP) is 2.08. The van der Waals surface area contributed by atoms with Gasteiger partial charge in [0.05, 0.1) is 31.8 Å². The maximum Gasteiger partial charge on any atom is 0.305 e. The summed E-state index contributed by atoms with van der Waals surface area (Å²) in [6.07, 6.45) is 5.13. The number of amidine groups is 1. The number of ether oxygens (including phenoxy) is 2. The van der Waals surface area contributed by atoms with E-state index in [1.807, 2.05) is 12.1 Å². The number of carbonyl (C=O) groups is 1. The van der Waals surface area contributed by atoms with Crippen LogP contribution in [0, 0.1) is 0 Å². The van der Waals surface area contributed by atoms with Gasteiger partial charge in [-0.3, -0.25) is 9.80 Å². The summed E-state index contributed by atoms with van der Waals surface area (Å²) in [6, 6.07) is 8.68. The summed E-state index contributed by atoms with van der Waals surface area (Å²) in [5.41, 5.74) is 2.58.